The first-order valence-electron chi connectivity index (χ1n) is 6.29. The molecule has 1 aliphatic heterocycles. The van der Waals surface area contributed by atoms with E-state index >= 15 is 0 Å². The van der Waals surface area contributed by atoms with Crippen molar-refractivity contribution in [3.05, 3.63) is 38.9 Å². The largest absolute Gasteiger partial charge is 0.352 e. The quantitative estimate of drug-likeness (QED) is 0.663. The topological polar surface area (TPSA) is 92.6 Å². The predicted octanol–water partition coefficient (Wildman–Crippen LogP) is 1.60. The number of hydrogen-bond donors (Lipinski definition) is 1. The van der Waals surface area contributed by atoms with Crippen molar-refractivity contribution in [3.8, 4) is 0 Å². The van der Waals surface area contributed by atoms with Crippen molar-refractivity contribution in [2.75, 3.05) is 13.1 Å². The summed E-state index contributed by atoms with van der Waals surface area (Å²) >= 11 is 5.74. The number of nitrogens with one attached hydrogen (secondary N) is 1. The minimum absolute atomic E-state index is 0.0767. The zero-order chi connectivity index (χ0) is 15.8. The number of benzene rings is 1. The van der Waals surface area contributed by atoms with Crippen LogP contribution in [0.15, 0.2) is 18.2 Å². The van der Waals surface area contributed by atoms with Crippen LogP contribution in [0.25, 0.3) is 0 Å². The third-order valence-electron chi connectivity index (χ3n) is 3.48. The summed E-state index contributed by atoms with van der Waals surface area (Å²) in [7, 11) is 0. The molecule has 1 aromatic rings. The third-order valence-corrected chi connectivity index (χ3v) is 3.72. The molecule has 2 rings (SSSR count). The van der Waals surface area contributed by atoms with E-state index in [0.717, 1.165) is 6.07 Å². The predicted molar refractivity (Wildman–Crippen MR) is 76.2 cm³/mol. The van der Waals surface area contributed by atoms with Crippen LogP contribution < -0.4 is 5.32 Å². The van der Waals surface area contributed by atoms with Crippen LogP contribution in [-0.4, -0.2) is 40.3 Å². The van der Waals surface area contributed by atoms with E-state index in [9.17, 15) is 19.7 Å². The molecule has 0 aliphatic carbocycles. The van der Waals surface area contributed by atoms with Crippen LogP contribution in [-0.2, 0) is 4.79 Å². The Hall–Kier alpha value is -2.15. The molecule has 0 saturated carbocycles. The Morgan fingerprint density at radius 3 is 2.76 bits per heavy atom. The lowest BCUT2D eigenvalue weighted by molar-refractivity contribution is -0.385. The molecule has 1 heterocycles. The SMILES string of the molecule is CC1(C)C(=O)NCCN1C(=O)c1ccc(Cl)cc1[N+](=O)[O-]. The first-order valence-corrected chi connectivity index (χ1v) is 6.67. The third kappa shape index (κ3) is 2.69. The van der Waals surface area contributed by atoms with Crippen LogP contribution in [0.2, 0.25) is 5.02 Å². The molecule has 1 fully saturated rings. The van der Waals surface area contributed by atoms with Crippen molar-refractivity contribution in [3.63, 3.8) is 0 Å². The minimum Gasteiger partial charge on any atom is -0.352 e. The number of nitrogens with zero attached hydrogens (tertiary/aromatic N) is 2. The number of piperazine rings is 1. The van der Waals surface area contributed by atoms with Crippen LogP contribution in [0.5, 0.6) is 0 Å². The number of nitro benzene ring substituents is 1. The Morgan fingerprint density at radius 2 is 2.14 bits per heavy atom. The summed E-state index contributed by atoms with van der Waals surface area (Å²) in [5, 5.41) is 13.9. The molecule has 7 nitrogen and oxygen atoms in total. The van der Waals surface area contributed by atoms with E-state index < -0.39 is 16.4 Å². The monoisotopic (exact) mass is 311 g/mol. The van der Waals surface area contributed by atoms with Gasteiger partial charge in [0.05, 0.1) is 4.92 Å². The summed E-state index contributed by atoms with van der Waals surface area (Å²) in [6.45, 7) is 3.80. The zero-order valence-corrected chi connectivity index (χ0v) is 12.3. The number of halogens is 1. The summed E-state index contributed by atoms with van der Waals surface area (Å²) in [5.41, 5.74) is -1.51. The Balaban J connectivity index is 2.45. The van der Waals surface area contributed by atoms with Crippen LogP contribution in [0.3, 0.4) is 0 Å². The van der Waals surface area contributed by atoms with E-state index in [2.05, 4.69) is 5.32 Å². The first-order chi connectivity index (χ1) is 9.75. The lowest BCUT2D eigenvalue weighted by atomic mass is 9.97. The fraction of sp³-hybridized carbons (Fsp3) is 0.385. The average Bonchev–Trinajstić information content (AvgIpc) is 2.41. The number of nitro groups is 1. The Bertz CT molecular complexity index is 630. The van der Waals surface area contributed by atoms with Gasteiger partial charge in [-0.2, -0.15) is 0 Å². The van der Waals surface area contributed by atoms with Crippen LogP contribution in [0, 0.1) is 10.1 Å². The lowest BCUT2D eigenvalue weighted by Gasteiger charge is -2.41. The lowest BCUT2D eigenvalue weighted by Crippen LogP contribution is -2.63. The van der Waals surface area contributed by atoms with Gasteiger partial charge in [-0.05, 0) is 26.0 Å². The van der Waals surface area contributed by atoms with Crippen molar-refractivity contribution in [1.82, 2.24) is 10.2 Å². The molecule has 0 bridgehead atoms. The van der Waals surface area contributed by atoms with E-state index in [1.165, 1.54) is 17.0 Å². The van der Waals surface area contributed by atoms with Crippen molar-refractivity contribution >= 4 is 29.1 Å². The van der Waals surface area contributed by atoms with Gasteiger partial charge < -0.3 is 10.2 Å². The maximum absolute atomic E-state index is 12.6. The van der Waals surface area contributed by atoms with Crippen LogP contribution in [0.4, 0.5) is 5.69 Å². The molecule has 0 atom stereocenters. The van der Waals surface area contributed by atoms with Gasteiger partial charge in [0.1, 0.15) is 11.1 Å². The molecule has 8 heteroatoms. The second-order valence-corrected chi connectivity index (χ2v) is 5.63. The smallest absolute Gasteiger partial charge is 0.283 e. The number of hydrogen-bond acceptors (Lipinski definition) is 4. The van der Waals surface area contributed by atoms with Gasteiger partial charge in [0.15, 0.2) is 0 Å². The van der Waals surface area contributed by atoms with Crippen molar-refractivity contribution in [1.29, 1.82) is 0 Å². The molecule has 1 saturated heterocycles. The van der Waals surface area contributed by atoms with Crippen molar-refractivity contribution in [2.24, 2.45) is 0 Å². The summed E-state index contributed by atoms with van der Waals surface area (Å²) in [5.74, 6) is -0.850. The molecule has 2 amide bonds. The summed E-state index contributed by atoms with van der Waals surface area (Å²) in [4.78, 5) is 36.2. The Labute approximate surface area is 126 Å². The second-order valence-electron chi connectivity index (χ2n) is 5.19. The van der Waals surface area contributed by atoms with Gasteiger partial charge in [-0.3, -0.25) is 19.7 Å². The van der Waals surface area contributed by atoms with E-state index in [1.807, 2.05) is 0 Å². The number of rotatable bonds is 2. The van der Waals surface area contributed by atoms with Crippen LogP contribution >= 0.6 is 11.6 Å². The van der Waals surface area contributed by atoms with Gasteiger partial charge in [0.2, 0.25) is 5.91 Å². The fourth-order valence-corrected chi connectivity index (χ4v) is 2.40. The van der Waals surface area contributed by atoms with E-state index in [4.69, 9.17) is 11.6 Å². The molecular weight excluding hydrogens is 298 g/mol. The minimum atomic E-state index is -1.07. The highest BCUT2D eigenvalue weighted by molar-refractivity contribution is 6.31. The van der Waals surface area contributed by atoms with E-state index in [1.54, 1.807) is 13.8 Å². The molecular formula is C13H14ClN3O4. The molecule has 0 radical (unpaired) electrons. The molecule has 1 N–H and O–H groups in total. The van der Waals surface area contributed by atoms with Gasteiger partial charge in [0, 0.05) is 24.2 Å². The number of carbonyl (C=O) groups is 2. The number of carbonyl (C=O) groups excluding carboxylic acids is 2. The average molecular weight is 312 g/mol. The zero-order valence-electron chi connectivity index (χ0n) is 11.6. The van der Waals surface area contributed by atoms with Crippen LogP contribution in [0.1, 0.15) is 24.2 Å². The summed E-state index contributed by atoms with van der Waals surface area (Å²) < 4.78 is 0. The molecule has 0 spiro atoms. The maximum Gasteiger partial charge on any atom is 0.283 e. The molecule has 112 valence electrons. The van der Waals surface area contributed by atoms with E-state index in [0.29, 0.717) is 6.54 Å². The Kier molecular flexibility index (Phi) is 3.87. The highest BCUT2D eigenvalue weighted by Gasteiger charge is 2.42. The molecule has 21 heavy (non-hydrogen) atoms. The molecule has 1 aromatic carbocycles. The van der Waals surface area contributed by atoms with Gasteiger partial charge in [0.25, 0.3) is 11.6 Å². The summed E-state index contributed by atoms with van der Waals surface area (Å²) in [6.07, 6.45) is 0. The Morgan fingerprint density at radius 1 is 1.48 bits per heavy atom. The van der Waals surface area contributed by atoms with Gasteiger partial charge in [-0.25, -0.2) is 0 Å². The first kappa shape index (κ1) is 15.2. The molecule has 0 aromatic heterocycles. The van der Waals surface area contributed by atoms with Gasteiger partial charge in [-0.1, -0.05) is 11.6 Å². The van der Waals surface area contributed by atoms with Crippen molar-refractivity contribution in [2.45, 2.75) is 19.4 Å². The van der Waals surface area contributed by atoms with Crippen molar-refractivity contribution < 1.29 is 14.5 Å². The highest BCUT2D eigenvalue weighted by atomic mass is 35.5. The highest BCUT2D eigenvalue weighted by Crippen LogP contribution is 2.27. The van der Waals surface area contributed by atoms with E-state index in [-0.39, 0.29) is 28.7 Å². The maximum atomic E-state index is 12.6. The standard InChI is InChI=1S/C13H14ClN3O4/c1-13(2)12(19)15-5-6-16(13)11(18)9-4-3-8(14)7-10(9)17(20)21/h3-4,7H,5-6H2,1-2H3,(H,15,19). The van der Waals surface area contributed by atoms with Gasteiger partial charge >= 0.3 is 0 Å². The molecule has 1 aliphatic rings. The molecule has 0 unspecified atom stereocenters. The second kappa shape index (κ2) is 5.33. The normalized spacial score (nSPS) is 17.3. The van der Waals surface area contributed by atoms with Gasteiger partial charge in [-0.15, -0.1) is 0 Å². The number of amides is 2. The fourth-order valence-electron chi connectivity index (χ4n) is 2.24. The summed E-state index contributed by atoms with van der Waals surface area (Å²) in [6, 6.07) is 3.86.